The lowest BCUT2D eigenvalue weighted by atomic mass is 10.3. The van der Waals surface area contributed by atoms with Crippen LogP contribution in [0.3, 0.4) is 0 Å². The van der Waals surface area contributed by atoms with E-state index in [1.807, 2.05) is 6.92 Å². The second kappa shape index (κ2) is 5.16. The van der Waals surface area contributed by atoms with E-state index in [-0.39, 0.29) is 0 Å². The minimum absolute atomic E-state index is 0.627. The maximum absolute atomic E-state index is 5.43. The molecule has 0 spiro atoms. The van der Waals surface area contributed by atoms with Gasteiger partial charge in [-0.25, -0.2) is 9.97 Å². The third-order valence-corrected chi connectivity index (χ3v) is 2.14. The molecule has 0 amide bonds. The van der Waals surface area contributed by atoms with Gasteiger partial charge in [0.2, 0.25) is 5.88 Å². The van der Waals surface area contributed by atoms with Gasteiger partial charge >= 0.3 is 0 Å². The molecule has 1 aromatic rings. The second-order valence-corrected chi connectivity index (χ2v) is 3.89. The van der Waals surface area contributed by atoms with Crippen molar-refractivity contribution in [2.24, 2.45) is 0 Å². The van der Waals surface area contributed by atoms with Gasteiger partial charge in [0, 0.05) is 12.6 Å². The molecule has 0 N–H and O–H groups in total. The average molecular weight is 290 g/mol. The topological polar surface area (TPSA) is 35.0 Å². The Morgan fingerprint density at radius 3 is 3.08 bits per heavy atom. The van der Waals surface area contributed by atoms with Crippen LogP contribution in [0.25, 0.3) is 0 Å². The average Bonchev–Trinajstić information content (AvgIpc) is 2.08. The van der Waals surface area contributed by atoms with Crippen LogP contribution in [0.15, 0.2) is 24.7 Å². The SMILES string of the molecule is C=C(C)CCOc1ncncc1I. The lowest BCUT2D eigenvalue weighted by Gasteiger charge is -2.05. The van der Waals surface area contributed by atoms with Gasteiger partial charge in [-0.1, -0.05) is 5.57 Å². The van der Waals surface area contributed by atoms with E-state index < -0.39 is 0 Å². The van der Waals surface area contributed by atoms with Crippen molar-refractivity contribution in [3.05, 3.63) is 28.2 Å². The largest absolute Gasteiger partial charge is 0.476 e. The summed E-state index contributed by atoms with van der Waals surface area (Å²) >= 11 is 2.14. The van der Waals surface area contributed by atoms with Gasteiger partial charge < -0.3 is 4.74 Å². The Hall–Kier alpha value is -0.650. The molecule has 3 nitrogen and oxygen atoms in total. The highest BCUT2D eigenvalue weighted by Crippen LogP contribution is 2.15. The normalized spacial score (nSPS) is 9.69. The van der Waals surface area contributed by atoms with Crippen LogP contribution in [-0.4, -0.2) is 16.6 Å². The summed E-state index contributed by atoms with van der Waals surface area (Å²) in [6, 6.07) is 0. The number of aromatic nitrogens is 2. The van der Waals surface area contributed by atoms with E-state index in [9.17, 15) is 0 Å². The molecule has 1 heterocycles. The molecule has 0 saturated carbocycles. The van der Waals surface area contributed by atoms with Gasteiger partial charge in [0.25, 0.3) is 0 Å². The van der Waals surface area contributed by atoms with Crippen LogP contribution in [0.5, 0.6) is 5.88 Å². The van der Waals surface area contributed by atoms with Crippen molar-refractivity contribution in [1.29, 1.82) is 0 Å². The third-order valence-electron chi connectivity index (χ3n) is 1.40. The molecule has 4 heteroatoms. The lowest BCUT2D eigenvalue weighted by molar-refractivity contribution is 0.306. The number of nitrogens with zero attached hydrogens (tertiary/aromatic N) is 2. The molecular weight excluding hydrogens is 279 g/mol. The fraction of sp³-hybridized carbons (Fsp3) is 0.333. The van der Waals surface area contributed by atoms with E-state index in [1.54, 1.807) is 6.20 Å². The number of rotatable bonds is 4. The highest BCUT2D eigenvalue weighted by Gasteiger charge is 2.00. The van der Waals surface area contributed by atoms with Gasteiger partial charge in [-0.2, -0.15) is 0 Å². The first-order valence-corrected chi connectivity index (χ1v) is 5.00. The van der Waals surface area contributed by atoms with Crippen molar-refractivity contribution in [3.63, 3.8) is 0 Å². The zero-order valence-corrected chi connectivity index (χ0v) is 9.61. The van der Waals surface area contributed by atoms with Crippen LogP contribution in [0.2, 0.25) is 0 Å². The fourth-order valence-electron chi connectivity index (χ4n) is 0.730. The quantitative estimate of drug-likeness (QED) is 0.631. The van der Waals surface area contributed by atoms with Gasteiger partial charge in [-0.3, -0.25) is 0 Å². The Kier molecular flexibility index (Phi) is 4.14. The Morgan fingerprint density at radius 1 is 1.69 bits per heavy atom. The number of hydrogen-bond donors (Lipinski definition) is 0. The smallest absolute Gasteiger partial charge is 0.230 e. The highest BCUT2D eigenvalue weighted by atomic mass is 127. The van der Waals surface area contributed by atoms with Gasteiger partial charge in [-0.05, 0) is 29.5 Å². The molecule has 0 saturated heterocycles. The molecule has 0 aliphatic rings. The summed E-state index contributed by atoms with van der Waals surface area (Å²) in [6.45, 7) is 6.40. The van der Waals surface area contributed by atoms with Crippen molar-refractivity contribution in [1.82, 2.24) is 9.97 Å². The molecule has 0 aliphatic heterocycles. The van der Waals surface area contributed by atoms with E-state index in [0.29, 0.717) is 12.5 Å². The first kappa shape index (κ1) is 10.4. The Morgan fingerprint density at radius 2 is 2.46 bits per heavy atom. The van der Waals surface area contributed by atoms with Crippen LogP contribution < -0.4 is 4.74 Å². The lowest BCUT2D eigenvalue weighted by Crippen LogP contribution is -2.01. The van der Waals surface area contributed by atoms with Crippen molar-refractivity contribution >= 4 is 22.6 Å². The summed E-state index contributed by atoms with van der Waals surface area (Å²) in [7, 11) is 0. The van der Waals surface area contributed by atoms with Crippen LogP contribution in [0, 0.1) is 3.57 Å². The molecule has 1 aromatic heterocycles. The van der Waals surface area contributed by atoms with Gasteiger partial charge in [0.05, 0.1) is 10.2 Å². The van der Waals surface area contributed by atoms with Crippen LogP contribution >= 0.6 is 22.6 Å². The molecular formula is C9H11IN2O. The molecule has 70 valence electrons. The summed E-state index contributed by atoms with van der Waals surface area (Å²) in [5.74, 6) is 0.650. The van der Waals surface area contributed by atoms with Crippen molar-refractivity contribution < 1.29 is 4.74 Å². The van der Waals surface area contributed by atoms with Crippen molar-refractivity contribution in [2.75, 3.05) is 6.61 Å². The zero-order valence-electron chi connectivity index (χ0n) is 7.46. The summed E-state index contributed by atoms with van der Waals surface area (Å²) in [4.78, 5) is 7.88. The Bertz CT molecular complexity index is 301. The molecule has 0 unspecified atom stereocenters. The molecule has 13 heavy (non-hydrogen) atoms. The van der Waals surface area contributed by atoms with Crippen LogP contribution in [0.4, 0.5) is 0 Å². The summed E-state index contributed by atoms with van der Waals surface area (Å²) in [5.41, 5.74) is 1.11. The number of halogens is 1. The van der Waals surface area contributed by atoms with Crippen molar-refractivity contribution in [2.45, 2.75) is 13.3 Å². The van der Waals surface area contributed by atoms with Gasteiger partial charge in [0.15, 0.2) is 0 Å². The highest BCUT2D eigenvalue weighted by molar-refractivity contribution is 14.1. The summed E-state index contributed by atoms with van der Waals surface area (Å²) < 4.78 is 6.36. The molecule has 0 aliphatic carbocycles. The molecule has 0 aromatic carbocycles. The van der Waals surface area contributed by atoms with Gasteiger partial charge in [0.1, 0.15) is 6.33 Å². The first-order chi connectivity index (χ1) is 6.20. The second-order valence-electron chi connectivity index (χ2n) is 2.73. The fourth-order valence-corrected chi connectivity index (χ4v) is 1.19. The molecule has 0 bridgehead atoms. The van der Waals surface area contributed by atoms with Crippen molar-refractivity contribution in [3.8, 4) is 5.88 Å². The number of hydrogen-bond acceptors (Lipinski definition) is 3. The number of ether oxygens (including phenoxy) is 1. The molecule has 0 atom stereocenters. The van der Waals surface area contributed by atoms with E-state index in [1.165, 1.54) is 6.33 Å². The van der Waals surface area contributed by atoms with E-state index in [0.717, 1.165) is 15.6 Å². The Balaban J connectivity index is 2.45. The molecule has 0 radical (unpaired) electrons. The zero-order chi connectivity index (χ0) is 9.68. The van der Waals surface area contributed by atoms with E-state index >= 15 is 0 Å². The third kappa shape index (κ3) is 3.71. The molecule has 0 fully saturated rings. The minimum atomic E-state index is 0.627. The Labute approximate surface area is 91.4 Å². The summed E-state index contributed by atoms with van der Waals surface area (Å²) in [6.07, 6.45) is 4.07. The van der Waals surface area contributed by atoms with E-state index in [2.05, 4.69) is 39.1 Å². The van der Waals surface area contributed by atoms with Crippen LogP contribution in [0.1, 0.15) is 13.3 Å². The van der Waals surface area contributed by atoms with Crippen LogP contribution in [-0.2, 0) is 0 Å². The maximum atomic E-state index is 5.43. The summed E-state index contributed by atoms with van der Waals surface area (Å²) in [5, 5.41) is 0. The first-order valence-electron chi connectivity index (χ1n) is 3.93. The molecule has 1 rings (SSSR count). The minimum Gasteiger partial charge on any atom is -0.476 e. The van der Waals surface area contributed by atoms with Gasteiger partial charge in [-0.15, -0.1) is 6.58 Å². The monoisotopic (exact) mass is 290 g/mol. The van der Waals surface area contributed by atoms with E-state index in [4.69, 9.17) is 4.74 Å². The predicted octanol–water partition coefficient (Wildman–Crippen LogP) is 2.43. The maximum Gasteiger partial charge on any atom is 0.230 e. The predicted molar refractivity (Wildman–Crippen MR) is 59.7 cm³/mol. The standard InChI is InChI=1S/C9H11IN2O/c1-7(2)3-4-13-9-8(10)5-11-6-12-9/h5-6H,1,3-4H2,2H3.